The molecule has 8 heteroatoms. The first-order valence-corrected chi connectivity index (χ1v) is 6.72. The molecule has 0 spiro atoms. The van der Waals surface area contributed by atoms with Gasteiger partial charge in [-0.2, -0.15) is 4.98 Å². The Morgan fingerprint density at radius 2 is 2.33 bits per heavy atom. The average Bonchev–Trinajstić information content (AvgIpc) is 3.24. The normalized spacial score (nSPS) is 14.1. The Hall–Kier alpha value is -2.51. The van der Waals surface area contributed by atoms with Crippen LogP contribution in [0.4, 0.5) is 5.82 Å². The smallest absolute Gasteiger partial charge is 0.341 e. The van der Waals surface area contributed by atoms with E-state index in [2.05, 4.69) is 20.1 Å². The molecule has 3 rings (SSSR count). The van der Waals surface area contributed by atoms with Crippen molar-refractivity contribution >= 4 is 11.8 Å². The fourth-order valence-electron chi connectivity index (χ4n) is 2.02. The second-order valence-corrected chi connectivity index (χ2v) is 5.06. The molecule has 0 atom stereocenters. The molecule has 0 amide bonds. The topological polar surface area (TPSA) is 105 Å². The van der Waals surface area contributed by atoms with Gasteiger partial charge < -0.3 is 14.5 Å². The van der Waals surface area contributed by atoms with Crippen LogP contribution in [0.15, 0.2) is 17.0 Å². The lowest BCUT2D eigenvalue weighted by Gasteiger charge is -2.18. The number of carboxylic acids is 1. The highest BCUT2D eigenvalue weighted by atomic mass is 16.5. The maximum absolute atomic E-state index is 11.1. The Kier molecular flexibility index (Phi) is 3.51. The Bertz CT molecular complexity index is 653. The molecule has 0 unspecified atom stereocenters. The molecule has 2 heterocycles. The lowest BCUT2D eigenvalue weighted by molar-refractivity contribution is 0.0696. The summed E-state index contributed by atoms with van der Waals surface area (Å²) in [7, 11) is 1.77. The number of carbonyl (C=O) groups is 1. The van der Waals surface area contributed by atoms with Gasteiger partial charge in [-0.3, -0.25) is 0 Å². The first-order valence-electron chi connectivity index (χ1n) is 6.72. The fraction of sp³-hybridized carbons (Fsp3) is 0.462. The van der Waals surface area contributed by atoms with Crippen LogP contribution in [0, 0.1) is 0 Å². The first-order chi connectivity index (χ1) is 10.1. The molecule has 2 aromatic heterocycles. The number of nitrogens with zero attached hydrogens (tertiary/aromatic N) is 5. The standard InChI is InChI=1S/C13H15N5O3/c1-18(11-9(13(19)20)6-14-7-15-11)5-4-10-16-12(21-17-10)8-2-3-8/h6-8H,2-5H2,1H3,(H,19,20). The molecular formula is C13H15N5O3. The molecule has 0 aromatic carbocycles. The predicted molar refractivity (Wildman–Crippen MR) is 72.2 cm³/mol. The van der Waals surface area contributed by atoms with Crippen LogP contribution in [0.1, 0.15) is 40.8 Å². The summed E-state index contributed by atoms with van der Waals surface area (Å²) < 4.78 is 5.19. The summed E-state index contributed by atoms with van der Waals surface area (Å²) >= 11 is 0. The van der Waals surface area contributed by atoms with E-state index in [1.807, 2.05) is 0 Å². The molecule has 1 N–H and O–H groups in total. The zero-order chi connectivity index (χ0) is 14.8. The Labute approximate surface area is 120 Å². The van der Waals surface area contributed by atoms with Crippen molar-refractivity contribution in [1.29, 1.82) is 0 Å². The number of carboxylic acid groups (broad SMARTS) is 1. The van der Waals surface area contributed by atoms with Crippen molar-refractivity contribution in [3.05, 3.63) is 29.8 Å². The minimum Gasteiger partial charge on any atom is -0.477 e. The Morgan fingerprint density at radius 3 is 3.05 bits per heavy atom. The van der Waals surface area contributed by atoms with E-state index in [9.17, 15) is 4.79 Å². The quantitative estimate of drug-likeness (QED) is 0.843. The van der Waals surface area contributed by atoms with Crippen molar-refractivity contribution in [2.75, 3.05) is 18.5 Å². The van der Waals surface area contributed by atoms with Gasteiger partial charge in [-0.25, -0.2) is 14.8 Å². The van der Waals surface area contributed by atoms with Gasteiger partial charge in [0.1, 0.15) is 17.7 Å². The van der Waals surface area contributed by atoms with Gasteiger partial charge in [0.2, 0.25) is 5.89 Å². The van der Waals surface area contributed by atoms with E-state index in [0.717, 1.165) is 12.8 Å². The first kappa shape index (κ1) is 13.5. The molecule has 1 fully saturated rings. The van der Waals surface area contributed by atoms with Crippen molar-refractivity contribution in [1.82, 2.24) is 20.1 Å². The molecule has 1 aliphatic rings. The Morgan fingerprint density at radius 1 is 1.52 bits per heavy atom. The van der Waals surface area contributed by atoms with Crippen molar-refractivity contribution in [3.8, 4) is 0 Å². The molecule has 1 saturated carbocycles. The highest BCUT2D eigenvalue weighted by Gasteiger charge is 2.29. The molecule has 0 radical (unpaired) electrons. The maximum atomic E-state index is 11.1. The van der Waals surface area contributed by atoms with Gasteiger partial charge >= 0.3 is 5.97 Å². The van der Waals surface area contributed by atoms with Gasteiger partial charge in [0.15, 0.2) is 5.82 Å². The molecule has 0 bridgehead atoms. The summed E-state index contributed by atoms with van der Waals surface area (Å²) in [4.78, 5) is 25.0. The van der Waals surface area contributed by atoms with Crippen LogP contribution in [-0.2, 0) is 6.42 Å². The third-order valence-corrected chi connectivity index (χ3v) is 3.36. The summed E-state index contributed by atoms with van der Waals surface area (Å²) in [6.45, 7) is 0.543. The number of anilines is 1. The molecule has 2 aromatic rings. The van der Waals surface area contributed by atoms with Crippen molar-refractivity contribution in [3.63, 3.8) is 0 Å². The van der Waals surface area contributed by atoms with E-state index in [0.29, 0.717) is 36.4 Å². The number of aromatic carboxylic acids is 1. The van der Waals surface area contributed by atoms with Gasteiger partial charge in [0, 0.05) is 32.1 Å². The molecule has 110 valence electrons. The van der Waals surface area contributed by atoms with E-state index in [1.165, 1.54) is 12.5 Å². The molecule has 0 saturated heterocycles. The fourth-order valence-corrected chi connectivity index (χ4v) is 2.02. The van der Waals surface area contributed by atoms with Gasteiger partial charge in [0.05, 0.1) is 0 Å². The number of rotatable bonds is 6. The van der Waals surface area contributed by atoms with Gasteiger partial charge in [-0.1, -0.05) is 5.16 Å². The molecular weight excluding hydrogens is 274 g/mol. The minimum atomic E-state index is -1.05. The third kappa shape index (κ3) is 2.99. The number of likely N-dealkylation sites (N-methyl/N-ethyl adjacent to an activating group) is 1. The van der Waals surface area contributed by atoms with Crippen LogP contribution in [0.3, 0.4) is 0 Å². The lowest BCUT2D eigenvalue weighted by Crippen LogP contribution is -2.24. The summed E-state index contributed by atoms with van der Waals surface area (Å²) in [5, 5.41) is 13.1. The van der Waals surface area contributed by atoms with E-state index in [-0.39, 0.29) is 5.56 Å². The van der Waals surface area contributed by atoms with Crippen molar-refractivity contribution < 1.29 is 14.4 Å². The largest absolute Gasteiger partial charge is 0.477 e. The molecule has 8 nitrogen and oxygen atoms in total. The van der Waals surface area contributed by atoms with Crippen LogP contribution < -0.4 is 4.90 Å². The predicted octanol–water partition coefficient (Wildman–Crippen LogP) is 1.11. The SMILES string of the molecule is CN(CCc1noc(C2CC2)n1)c1ncncc1C(=O)O. The van der Waals surface area contributed by atoms with Gasteiger partial charge in [-0.15, -0.1) is 0 Å². The van der Waals surface area contributed by atoms with E-state index < -0.39 is 5.97 Å². The highest BCUT2D eigenvalue weighted by Crippen LogP contribution is 2.38. The highest BCUT2D eigenvalue weighted by molar-refractivity contribution is 5.92. The average molecular weight is 289 g/mol. The Balaban J connectivity index is 1.65. The van der Waals surface area contributed by atoms with Crippen LogP contribution in [0.25, 0.3) is 0 Å². The number of hydrogen-bond acceptors (Lipinski definition) is 7. The second-order valence-electron chi connectivity index (χ2n) is 5.06. The monoisotopic (exact) mass is 289 g/mol. The zero-order valence-corrected chi connectivity index (χ0v) is 11.6. The van der Waals surface area contributed by atoms with Crippen LogP contribution in [-0.4, -0.2) is 44.8 Å². The second kappa shape index (κ2) is 5.47. The number of hydrogen-bond donors (Lipinski definition) is 1. The van der Waals surface area contributed by atoms with Crippen LogP contribution >= 0.6 is 0 Å². The lowest BCUT2D eigenvalue weighted by atomic mass is 10.3. The van der Waals surface area contributed by atoms with Crippen LogP contribution in [0.5, 0.6) is 0 Å². The van der Waals surface area contributed by atoms with Crippen molar-refractivity contribution in [2.24, 2.45) is 0 Å². The zero-order valence-electron chi connectivity index (χ0n) is 11.6. The van der Waals surface area contributed by atoms with E-state index in [1.54, 1.807) is 11.9 Å². The third-order valence-electron chi connectivity index (χ3n) is 3.36. The van der Waals surface area contributed by atoms with Crippen molar-refractivity contribution in [2.45, 2.75) is 25.2 Å². The maximum Gasteiger partial charge on any atom is 0.341 e. The van der Waals surface area contributed by atoms with Gasteiger partial charge in [-0.05, 0) is 12.8 Å². The summed E-state index contributed by atoms with van der Waals surface area (Å²) in [5.41, 5.74) is 0.0757. The van der Waals surface area contributed by atoms with E-state index >= 15 is 0 Å². The summed E-state index contributed by atoms with van der Waals surface area (Å²) in [5.74, 6) is 1.11. The number of aromatic nitrogens is 4. The molecule has 1 aliphatic carbocycles. The van der Waals surface area contributed by atoms with Crippen LogP contribution in [0.2, 0.25) is 0 Å². The van der Waals surface area contributed by atoms with Gasteiger partial charge in [0.25, 0.3) is 0 Å². The minimum absolute atomic E-state index is 0.0757. The van der Waals surface area contributed by atoms with E-state index in [4.69, 9.17) is 9.63 Å². The summed E-state index contributed by atoms with van der Waals surface area (Å²) in [6, 6.07) is 0. The molecule has 0 aliphatic heterocycles. The molecule has 21 heavy (non-hydrogen) atoms. The summed E-state index contributed by atoms with van der Waals surface area (Å²) in [6.07, 6.45) is 5.42.